The standard InChI is InChI=1S/C23H20FN5OS2/c1-14-6-7-17(24)10-18(14)27-19(30)12-31-22-20-21(25-13-26-22)28-23(32-20)29-9-8-15-4-2-3-5-16(15)11-29/h2-7,10,13H,8-9,11-12H2,1H3,(H,27,30). The summed E-state index contributed by atoms with van der Waals surface area (Å²) in [7, 11) is 0. The molecule has 2 aromatic heterocycles. The number of benzene rings is 2. The molecule has 32 heavy (non-hydrogen) atoms. The minimum absolute atomic E-state index is 0.159. The van der Waals surface area contributed by atoms with E-state index in [0.29, 0.717) is 11.3 Å². The van der Waals surface area contributed by atoms with E-state index < -0.39 is 0 Å². The molecule has 0 spiro atoms. The predicted octanol–water partition coefficient (Wildman–Crippen LogP) is 4.83. The van der Waals surface area contributed by atoms with Crippen molar-refractivity contribution in [3.63, 3.8) is 0 Å². The number of anilines is 2. The van der Waals surface area contributed by atoms with Gasteiger partial charge in [0.05, 0.1) is 5.75 Å². The number of rotatable bonds is 5. The Hall–Kier alpha value is -3.04. The molecular formula is C23H20FN5OS2. The second-order valence-corrected chi connectivity index (χ2v) is 9.51. The first-order valence-corrected chi connectivity index (χ1v) is 12.0. The van der Waals surface area contributed by atoms with Gasteiger partial charge in [0.1, 0.15) is 21.9 Å². The highest BCUT2D eigenvalue weighted by Gasteiger charge is 2.21. The van der Waals surface area contributed by atoms with E-state index >= 15 is 0 Å². The fourth-order valence-corrected chi connectivity index (χ4v) is 5.58. The van der Waals surface area contributed by atoms with Crippen LogP contribution in [0.1, 0.15) is 16.7 Å². The van der Waals surface area contributed by atoms with E-state index in [1.165, 1.54) is 41.3 Å². The summed E-state index contributed by atoms with van der Waals surface area (Å²) in [6.45, 7) is 3.55. The Labute approximate surface area is 192 Å². The van der Waals surface area contributed by atoms with Gasteiger partial charge in [-0.1, -0.05) is 53.4 Å². The topological polar surface area (TPSA) is 71.0 Å². The first kappa shape index (κ1) is 20.8. The zero-order valence-electron chi connectivity index (χ0n) is 17.3. The molecule has 3 heterocycles. The number of aryl methyl sites for hydroxylation is 1. The Morgan fingerprint density at radius 2 is 2.06 bits per heavy atom. The number of fused-ring (bicyclic) bond motifs is 2. The van der Waals surface area contributed by atoms with Crippen molar-refractivity contribution in [2.24, 2.45) is 0 Å². The van der Waals surface area contributed by atoms with Crippen LogP contribution in [0.15, 0.2) is 53.8 Å². The normalized spacial score (nSPS) is 13.2. The van der Waals surface area contributed by atoms with E-state index in [1.807, 2.05) is 6.92 Å². The lowest BCUT2D eigenvalue weighted by Crippen LogP contribution is -2.30. The first-order valence-electron chi connectivity index (χ1n) is 10.2. The predicted molar refractivity (Wildman–Crippen MR) is 127 cm³/mol. The molecule has 1 aliphatic rings. The zero-order chi connectivity index (χ0) is 22.1. The molecule has 0 radical (unpaired) electrons. The Balaban J connectivity index is 1.31. The summed E-state index contributed by atoms with van der Waals surface area (Å²) in [4.78, 5) is 28.1. The summed E-state index contributed by atoms with van der Waals surface area (Å²) in [5.74, 6) is -0.437. The maximum Gasteiger partial charge on any atom is 0.234 e. The van der Waals surface area contributed by atoms with Crippen LogP contribution in [0, 0.1) is 12.7 Å². The third-order valence-corrected chi connectivity index (χ3v) is 7.59. The van der Waals surface area contributed by atoms with Crippen molar-refractivity contribution in [2.75, 3.05) is 22.5 Å². The molecule has 1 aliphatic heterocycles. The van der Waals surface area contributed by atoms with E-state index in [0.717, 1.165) is 39.9 Å². The molecular weight excluding hydrogens is 445 g/mol. The van der Waals surface area contributed by atoms with Gasteiger partial charge in [-0.3, -0.25) is 4.79 Å². The Kier molecular flexibility index (Phi) is 5.75. The first-order chi connectivity index (χ1) is 15.6. The minimum Gasteiger partial charge on any atom is -0.343 e. The number of carbonyl (C=O) groups excluding carboxylic acids is 1. The molecule has 4 aromatic rings. The van der Waals surface area contributed by atoms with Crippen LogP contribution >= 0.6 is 23.1 Å². The molecule has 0 bridgehead atoms. The lowest BCUT2D eigenvalue weighted by atomic mass is 10.0. The van der Waals surface area contributed by atoms with Gasteiger partial charge in [0.15, 0.2) is 10.8 Å². The number of amides is 1. The number of halogens is 1. The summed E-state index contributed by atoms with van der Waals surface area (Å²) in [5, 5.41) is 4.41. The van der Waals surface area contributed by atoms with E-state index in [2.05, 4.69) is 44.5 Å². The number of nitrogens with zero attached hydrogens (tertiary/aromatic N) is 4. The number of thioether (sulfide) groups is 1. The molecule has 0 fully saturated rings. The molecule has 0 aliphatic carbocycles. The smallest absolute Gasteiger partial charge is 0.234 e. The molecule has 6 nitrogen and oxygen atoms in total. The number of nitrogens with one attached hydrogen (secondary N) is 1. The molecule has 0 saturated heterocycles. The third-order valence-electron chi connectivity index (χ3n) is 5.36. The second-order valence-electron chi connectivity index (χ2n) is 7.56. The van der Waals surface area contributed by atoms with Gasteiger partial charge in [-0.2, -0.15) is 4.98 Å². The van der Waals surface area contributed by atoms with Crippen LogP contribution in [0.3, 0.4) is 0 Å². The summed E-state index contributed by atoms with van der Waals surface area (Å²) >= 11 is 2.88. The molecule has 2 aromatic carbocycles. The molecule has 1 amide bonds. The van der Waals surface area contributed by atoms with Crippen LogP contribution in [0.25, 0.3) is 10.3 Å². The highest BCUT2D eigenvalue weighted by molar-refractivity contribution is 8.00. The lowest BCUT2D eigenvalue weighted by molar-refractivity contribution is -0.113. The van der Waals surface area contributed by atoms with Crippen LogP contribution in [-0.2, 0) is 17.8 Å². The molecule has 0 atom stereocenters. The van der Waals surface area contributed by atoms with E-state index in [4.69, 9.17) is 4.98 Å². The molecule has 9 heteroatoms. The lowest BCUT2D eigenvalue weighted by Gasteiger charge is -2.28. The summed E-state index contributed by atoms with van der Waals surface area (Å²) in [6.07, 6.45) is 2.47. The van der Waals surface area contributed by atoms with E-state index in [-0.39, 0.29) is 17.5 Å². The Morgan fingerprint density at radius 3 is 2.94 bits per heavy atom. The van der Waals surface area contributed by atoms with Gasteiger partial charge in [0.25, 0.3) is 0 Å². The van der Waals surface area contributed by atoms with E-state index in [9.17, 15) is 9.18 Å². The quantitative estimate of drug-likeness (QED) is 0.336. The third kappa shape index (κ3) is 4.31. The van der Waals surface area contributed by atoms with Gasteiger partial charge in [0, 0.05) is 18.8 Å². The van der Waals surface area contributed by atoms with Gasteiger partial charge in [-0.25, -0.2) is 14.4 Å². The van der Waals surface area contributed by atoms with Crippen molar-refractivity contribution < 1.29 is 9.18 Å². The summed E-state index contributed by atoms with van der Waals surface area (Å²) in [5.41, 5.74) is 4.64. The zero-order valence-corrected chi connectivity index (χ0v) is 19.0. The number of hydrogen-bond acceptors (Lipinski definition) is 7. The highest BCUT2D eigenvalue weighted by Crippen LogP contribution is 2.35. The molecule has 0 saturated carbocycles. The largest absolute Gasteiger partial charge is 0.343 e. The highest BCUT2D eigenvalue weighted by atomic mass is 32.2. The van der Waals surface area contributed by atoms with Crippen LogP contribution in [-0.4, -0.2) is 33.2 Å². The monoisotopic (exact) mass is 465 g/mol. The number of thiazole rings is 1. The maximum atomic E-state index is 13.5. The van der Waals surface area contributed by atoms with Crippen molar-refractivity contribution >= 4 is 50.2 Å². The van der Waals surface area contributed by atoms with Crippen molar-refractivity contribution in [1.82, 2.24) is 15.0 Å². The fourth-order valence-electron chi connectivity index (χ4n) is 3.67. The Morgan fingerprint density at radius 1 is 1.22 bits per heavy atom. The van der Waals surface area contributed by atoms with Gasteiger partial charge < -0.3 is 10.2 Å². The van der Waals surface area contributed by atoms with Crippen molar-refractivity contribution in [2.45, 2.75) is 24.9 Å². The fraction of sp³-hybridized carbons (Fsp3) is 0.217. The van der Waals surface area contributed by atoms with Crippen molar-refractivity contribution in [1.29, 1.82) is 0 Å². The molecule has 5 rings (SSSR count). The summed E-state index contributed by atoms with van der Waals surface area (Å²) < 4.78 is 14.4. The maximum absolute atomic E-state index is 13.5. The molecule has 0 unspecified atom stereocenters. The van der Waals surface area contributed by atoms with Gasteiger partial charge in [-0.15, -0.1) is 0 Å². The summed E-state index contributed by atoms with van der Waals surface area (Å²) in [6, 6.07) is 12.8. The number of carbonyl (C=O) groups is 1. The van der Waals surface area contributed by atoms with Crippen LogP contribution in [0.5, 0.6) is 0 Å². The minimum atomic E-state index is -0.381. The number of aromatic nitrogens is 3. The van der Waals surface area contributed by atoms with Crippen molar-refractivity contribution in [3.8, 4) is 0 Å². The average Bonchev–Trinajstić information content (AvgIpc) is 3.25. The van der Waals surface area contributed by atoms with Gasteiger partial charge in [0.2, 0.25) is 5.91 Å². The van der Waals surface area contributed by atoms with E-state index in [1.54, 1.807) is 17.4 Å². The molecule has 1 N–H and O–H groups in total. The number of hydrogen-bond donors (Lipinski definition) is 1. The SMILES string of the molecule is Cc1ccc(F)cc1NC(=O)CSc1ncnc2nc(N3CCc4ccccc4C3)sc12. The molecule has 162 valence electrons. The van der Waals surface area contributed by atoms with Gasteiger partial charge >= 0.3 is 0 Å². The van der Waals surface area contributed by atoms with Crippen molar-refractivity contribution in [3.05, 3.63) is 71.3 Å². The van der Waals surface area contributed by atoms with Crippen LogP contribution in [0.4, 0.5) is 15.2 Å². The van der Waals surface area contributed by atoms with Crippen LogP contribution in [0.2, 0.25) is 0 Å². The average molecular weight is 466 g/mol. The Bertz CT molecular complexity index is 1310. The second kappa shape index (κ2) is 8.84. The van der Waals surface area contributed by atoms with Gasteiger partial charge in [-0.05, 0) is 42.2 Å². The van der Waals surface area contributed by atoms with Crippen LogP contribution < -0.4 is 10.2 Å².